The number of aromatic nitrogens is 2. The summed E-state index contributed by atoms with van der Waals surface area (Å²) in [5.74, 6) is 0.498. The molecule has 3 aromatic rings. The van der Waals surface area contributed by atoms with Crippen LogP contribution in [-0.4, -0.2) is 21.9 Å². The molecule has 6 heteroatoms. The van der Waals surface area contributed by atoms with Crippen LogP contribution in [0.1, 0.15) is 42.7 Å². The van der Waals surface area contributed by atoms with E-state index in [1.807, 2.05) is 37.3 Å². The summed E-state index contributed by atoms with van der Waals surface area (Å²) in [6, 6.07) is 18.1. The summed E-state index contributed by atoms with van der Waals surface area (Å²) in [6.07, 6.45) is 3.66. The number of hydrogen-bond acceptors (Lipinski definition) is 3. The van der Waals surface area contributed by atoms with Crippen molar-refractivity contribution in [1.29, 1.82) is 0 Å². The molecule has 0 saturated carbocycles. The van der Waals surface area contributed by atoms with E-state index in [9.17, 15) is 4.79 Å². The number of rotatable bonds is 8. The fraction of sp³-hybridized carbons (Fsp3) is 0.292. The number of carbonyl (C=O) groups excluding carboxylic acids is 1. The Labute approximate surface area is 182 Å². The van der Waals surface area contributed by atoms with E-state index in [4.69, 9.17) is 11.6 Å². The highest BCUT2D eigenvalue weighted by Crippen LogP contribution is 2.21. The van der Waals surface area contributed by atoms with Gasteiger partial charge in [-0.1, -0.05) is 67.9 Å². The van der Waals surface area contributed by atoms with Crippen molar-refractivity contribution in [3.63, 3.8) is 0 Å². The summed E-state index contributed by atoms with van der Waals surface area (Å²) in [5, 5.41) is 8.98. The Balaban J connectivity index is 1.54. The van der Waals surface area contributed by atoms with Gasteiger partial charge in [-0.25, -0.2) is 10.1 Å². The van der Waals surface area contributed by atoms with E-state index in [2.05, 4.69) is 53.7 Å². The average Bonchev–Trinajstić information content (AvgIpc) is 3.02. The van der Waals surface area contributed by atoms with Gasteiger partial charge in [-0.2, -0.15) is 10.2 Å². The molecule has 0 saturated heterocycles. The molecule has 0 bridgehead atoms. The Morgan fingerprint density at radius 1 is 1.13 bits per heavy atom. The molecule has 0 aliphatic carbocycles. The van der Waals surface area contributed by atoms with Crippen molar-refractivity contribution >= 4 is 23.7 Å². The number of halogens is 1. The Morgan fingerprint density at radius 3 is 2.47 bits per heavy atom. The third-order valence-electron chi connectivity index (χ3n) is 4.74. The molecule has 0 atom stereocenters. The third-order valence-corrected chi connectivity index (χ3v) is 5.10. The van der Waals surface area contributed by atoms with Crippen LogP contribution in [0.4, 0.5) is 0 Å². The van der Waals surface area contributed by atoms with Gasteiger partial charge in [-0.15, -0.1) is 0 Å². The minimum Gasteiger partial charge on any atom is -0.273 e. The number of para-hydroxylation sites is 1. The van der Waals surface area contributed by atoms with Crippen LogP contribution in [0.15, 0.2) is 59.7 Å². The lowest BCUT2D eigenvalue weighted by Crippen LogP contribution is -2.18. The number of nitrogens with one attached hydrogen (secondary N) is 1. The standard InChI is InChI=1S/C24H27ClN4O/c1-17(2)15-20-11-9-19(10-12-20)13-14-23(30)27-26-16-22-18(3)28-29(24(22)25)21-7-5-4-6-8-21/h4-12,16-17H,13-15H2,1-3H3,(H,27,30)/b26-16+. The molecule has 0 radical (unpaired) electrons. The zero-order valence-corrected chi connectivity index (χ0v) is 18.4. The molecule has 1 N–H and O–H groups in total. The van der Waals surface area contributed by atoms with Crippen LogP contribution >= 0.6 is 11.6 Å². The number of carbonyl (C=O) groups is 1. The minimum atomic E-state index is -0.137. The molecule has 0 unspecified atom stereocenters. The number of aryl methyl sites for hydroxylation is 2. The first-order valence-corrected chi connectivity index (χ1v) is 10.5. The van der Waals surface area contributed by atoms with E-state index < -0.39 is 0 Å². The zero-order valence-electron chi connectivity index (χ0n) is 17.6. The van der Waals surface area contributed by atoms with Crippen LogP contribution in [-0.2, 0) is 17.6 Å². The second kappa shape index (κ2) is 10.2. The lowest BCUT2D eigenvalue weighted by Gasteiger charge is -2.06. The fourth-order valence-corrected chi connectivity index (χ4v) is 3.52. The molecule has 156 valence electrons. The topological polar surface area (TPSA) is 59.3 Å². The van der Waals surface area contributed by atoms with Gasteiger partial charge in [0.15, 0.2) is 0 Å². The predicted molar refractivity (Wildman–Crippen MR) is 122 cm³/mol. The Morgan fingerprint density at radius 2 is 1.80 bits per heavy atom. The summed E-state index contributed by atoms with van der Waals surface area (Å²) in [4.78, 5) is 12.1. The van der Waals surface area contributed by atoms with Gasteiger partial charge in [0, 0.05) is 6.42 Å². The first kappa shape index (κ1) is 21.8. The van der Waals surface area contributed by atoms with Gasteiger partial charge in [0.2, 0.25) is 5.91 Å². The van der Waals surface area contributed by atoms with Gasteiger partial charge in [-0.3, -0.25) is 4.79 Å². The summed E-state index contributed by atoms with van der Waals surface area (Å²) < 4.78 is 1.66. The van der Waals surface area contributed by atoms with Gasteiger partial charge < -0.3 is 0 Å². The molecule has 1 heterocycles. The van der Waals surface area contributed by atoms with Crippen LogP contribution < -0.4 is 5.43 Å². The molecule has 2 aromatic carbocycles. The van der Waals surface area contributed by atoms with E-state index in [-0.39, 0.29) is 5.91 Å². The molecule has 3 rings (SSSR count). The molecular weight excluding hydrogens is 396 g/mol. The van der Waals surface area contributed by atoms with Crippen LogP contribution in [0.5, 0.6) is 0 Å². The van der Waals surface area contributed by atoms with Crippen LogP contribution in [0.25, 0.3) is 5.69 Å². The molecular formula is C24H27ClN4O. The zero-order chi connectivity index (χ0) is 21.5. The van der Waals surface area contributed by atoms with Crippen molar-refractivity contribution in [2.24, 2.45) is 11.0 Å². The molecule has 1 amide bonds. The lowest BCUT2D eigenvalue weighted by molar-refractivity contribution is -0.121. The second-order valence-corrected chi connectivity index (χ2v) is 8.10. The molecule has 0 fully saturated rings. The van der Waals surface area contributed by atoms with Crippen molar-refractivity contribution in [3.05, 3.63) is 82.1 Å². The SMILES string of the molecule is Cc1nn(-c2ccccc2)c(Cl)c1/C=N/NC(=O)CCc1ccc(CC(C)C)cc1. The summed E-state index contributed by atoms with van der Waals surface area (Å²) in [5.41, 5.74) is 7.34. The van der Waals surface area contributed by atoms with E-state index in [0.29, 0.717) is 29.5 Å². The maximum atomic E-state index is 12.1. The van der Waals surface area contributed by atoms with Gasteiger partial charge in [0.05, 0.1) is 23.2 Å². The predicted octanol–water partition coefficient (Wildman–Crippen LogP) is 5.12. The van der Waals surface area contributed by atoms with E-state index in [0.717, 1.165) is 23.4 Å². The largest absolute Gasteiger partial charge is 0.273 e. The van der Waals surface area contributed by atoms with E-state index in [1.54, 1.807) is 10.9 Å². The van der Waals surface area contributed by atoms with E-state index >= 15 is 0 Å². The first-order chi connectivity index (χ1) is 14.4. The fourth-order valence-electron chi connectivity index (χ4n) is 3.19. The minimum absolute atomic E-state index is 0.137. The summed E-state index contributed by atoms with van der Waals surface area (Å²) in [6.45, 7) is 6.28. The molecule has 0 aliphatic rings. The first-order valence-electron chi connectivity index (χ1n) is 10.1. The van der Waals surface area contributed by atoms with Gasteiger partial charge in [0.1, 0.15) is 5.15 Å². The van der Waals surface area contributed by atoms with Crippen molar-refractivity contribution in [2.45, 2.75) is 40.0 Å². The van der Waals surface area contributed by atoms with Crippen molar-refractivity contribution in [3.8, 4) is 5.69 Å². The monoisotopic (exact) mass is 422 g/mol. The van der Waals surface area contributed by atoms with Gasteiger partial charge in [-0.05, 0) is 48.9 Å². The van der Waals surface area contributed by atoms with Crippen LogP contribution in [0.3, 0.4) is 0 Å². The Kier molecular flexibility index (Phi) is 7.41. The summed E-state index contributed by atoms with van der Waals surface area (Å²) in [7, 11) is 0. The van der Waals surface area contributed by atoms with Gasteiger partial charge in [0.25, 0.3) is 0 Å². The molecule has 30 heavy (non-hydrogen) atoms. The smallest absolute Gasteiger partial charge is 0.240 e. The maximum Gasteiger partial charge on any atom is 0.240 e. The Bertz CT molecular complexity index is 1010. The van der Waals surface area contributed by atoms with Gasteiger partial charge >= 0.3 is 0 Å². The number of nitrogens with zero attached hydrogens (tertiary/aromatic N) is 3. The molecule has 0 spiro atoms. The average molecular weight is 423 g/mol. The molecule has 5 nitrogen and oxygen atoms in total. The van der Waals surface area contributed by atoms with Crippen LogP contribution in [0, 0.1) is 12.8 Å². The lowest BCUT2D eigenvalue weighted by atomic mass is 10.0. The Hall–Kier alpha value is -2.92. The highest BCUT2D eigenvalue weighted by Gasteiger charge is 2.13. The van der Waals surface area contributed by atoms with Crippen LogP contribution in [0.2, 0.25) is 5.15 Å². The van der Waals surface area contributed by atoms with Crippen molar-refractivity contribution in [2.75, 3.05) is 0 Å². The third kappa shape index (κ3) is 5.80. The van der Waals surface area contributed by atoms with E-state index in [1.165, 1.54) is 5.56 Å². The molecule has 0 aliphatic heterocycles. The highest BCUT2D eigenvalue weighted by molar-refractivity contribution is 6.32. The normalized spacial score (nSPS) is 11.4. The number of hydrazone groups is 1. The summed E-state index contributed by atoms with van der Waals surface area (Å²) >= 11 is 6.46. The maximum absolute atomic E-state index is 12.1. The second-order valence-electron chi connectivity index (χ2n) is 7.74. The van der Waals surface area contributed by atoms with Crippen molar-refractivity contribution < 1.29 is 4.79 Å². The quantitative estimate of drug-likeness (QED) is 0.404. The number of benzene rings is 2. The molecule has 1 aromatic heterocycles. The van der Waals surface area contributed by atoms with Crippen molar-refractivity contribution in [1.82, 2.24) is 15.2 Å². The number of amides is 1. The number of hydrogen-bond donors (Lipinski definition) is 1. The highest BCUT2D eigenvalue weighted by atomic mass is 35.5.